The maximum atomic E-state index is 12.1. The van der Waals surface area contributed by atoms with E-state index in [0.29, 0.717) is 26.0 Å². The third-order valence-corrected chi connectivity index (χ3v) is 5.96. The van der Waals surface area contributed by atoms with Crippen LogP contribution in [0.25, 0.3) is 0 Å². The summed E-state index contributed by atoms with van der Waals surface area (Å²) >= 11 is 0. The van der Waals surface area contributed by atoms with E-state index in [-0.39, 0.29) is 23.5 Å². The number of hydrogen-bond acceptors (Lipinski definition) is 5. The quantitative estimate of drug-likeness (QED) is 0.772. The monoisotopic (exact) mass is 354 g/mol. The van der Waals surface area contributed by atoms with Crippen molar-refractivity contribution in [1.29, 1.82) is 0 Å². The number of carbonyl (C=O) groups is 1. The van der Waals surface area contributed by atoms with Crippen molar-refractivity contribution in [2.45, 2.75) is 32.7 Å². The lowest BCUT2D eigenvalue weighted by molar-refractivity contribution is -0.116. The molecule has 1 heterocycles. The molecule has 0 aliphatic carbocycles. The Bertz CT molecular complexity index is 643. The van der Waals surface area contributed by atoms with Crippen molar-refractivity contribution in [3.05, 3.63) is 24.3 Å². The van der Waals surface area contributed by atoms with Gasteiger partial charge in [0.05, 0.1) is 18.1 Å². The first-order chi connectivity index (χ1) is 11.4. The van der Waals surface area contributed by atoms with Gasteiger partial charge in [0.2, 0.25) is 5.91 Å². The van der Waals surface area contributed by atoms with Gasteiger partial charge in [0.25, 0.3) is 0 Å². The molecule has 1 fully saturated rings. The Morgan fingerprint density at radius 2 is 2.00 bits per heavy atom. The first-order valence-corrected chi connectivity index (χ1v) is 10.2. The van der Waals surface area contributed by atoms with Crippen molar-refractivity contribution >= 4 is 21.4 Å². The third kappa shape index (κ3) is 5.49. The number of nitrogens with one attached hydrogen (secondary N) is 1. The van der Waals surface area contributed by atoms with E-state index in [0.717, 1.165) is 18.0 Å². The lowest BCUT2D eigenvalue weighted by Crippen LogP contribution is -2.38. The number of benzene rings is 1. The van der Waals surface area contributed by atoms with Gasteiger partial charge in [-0.25, -0.2) is 8.42 Å². The van der Waals surface area contributed by atoms with Gasteiger partial charge >= 0.3 is 0 Å². The van der Waals surface area contributed by atoms with Crippen LogP contribution in [0.5, 0.6) is 5.75 Å². The smallest absolute Gasteiger partial charge is 0.225 e. The van der Waals surface area contributed by atoms with Crippen LogP contribution in [0.1, 0.15) is 26.7 Å². The first kappa shape index (κ1) is 18.7. The number of rotatable bonds is 8. The molecule has 0 bridgehead atoms. The van der Waals surface area contributed by atoms with Crippen LogP contribution in [0, 0.1) is 0 Å². The van der Waals surface area contributed by atoms with Gasteiger partial charge in [-0.3, -0.25) is 9.69 Å². The van der Waals surface area contributed by atoms with Crippen molar-refractivity contribution in [2.75, 3.05) is 36.5 Å². The van der Waals surface area contributed by atoms with Gasteiger partial charge in [0, 0.05) is 24.7 Å². The highest BCUT2D eigenvalue weighted by Gasteiger charge is 2.31. The van der Waals surface area contributed by atoms with Gasteiger partial charge in [-0.1, -0.05) is 6.92 Å². The van der Waals surface area contributed by atoms with Gasteiger partial charge in [-0.15, -0.1) is 0 Å². The van der Waals surface area contributed by atoms with Gasteiger partial charge in [-0.2, -0.15) is 0 Å². The van der Waals surface area contributed by atoms with Crippen molar-refractivity contribution in [3.63, 3.8) is 0 Å². The Kier molecular flexibility index (Phi) is 6.62. The number of carbonyl (C=O) groups excluding carboxylic acids is 1. The van der Waals surface area contributed by atoms with E-state index < -0.39 is 9.84 Å². The van der Waals surface area contributed by atoms with Crippen LogP contribution < -0.4 is 10.1 Å². The molecule has 0 saturated carbocycles. The van der Waals surface area contributed by atoms with Gasteiger partial charge < -0.3 is 10.1 Å². The minimum absolute atomic E-state index is 0.0401. The van der Waals surface area contributed by atoms with E-state index in [1.165, 1.54) is 0 Å². The molecule has 1 unspecified atom stereocenters. The molecule has 24 heavy (non-hydrogen) atoms. The largest absolute Gasteiger partial charge is 0.494 e. The van der Waals surface area contributed by atoms with Crippen molar-refractivity contribution in [2.24, 2.45) is 0 Å². The van der Waals surface area contributed by atoms with E-state index in [1.807, 2.05) is 38.1 Å². The highest BCUT2D eigenvalue weighted by molar-refractivity contribution is 7.91. The second-order valence-electron chi connectivity index (χ2n) is 5.94. The maximum absolute atomic E-state index is 12.1. The zero-order chi connectivity index (χ0) is 17.6. The summed E-state index contributed by atoms with van der Waals surface area (Å²) in [7, 11) is -2.90. The molecular formula is C17H26N2O4S. The van der Waals surface area contributed by atoms with Crippen molar-refractivity contribution in [3.8, 4) is 5.75 Å². The molecule has 0 spiro atoms. The van der Waals surface area contributed by atoms with E-state index >= 15 is 0 Å². The van der Waals surface area contributed by atoms with Crippen LogP contribution in [-0.2, 0) is 14.6 Å². The highest BCUT2D eigenvalue weighted by Crippen LogP contribution is 2.18. The summed E-state index contributed by atoms with van der Waals surface area (Å²) < 4.78 is 28.6. The molecule has 1 aromatic rings. The van der Waals surface area contributed by atoms with Crippen LogP contribution in [0.2, 0.25) is 0 Å². The van der Waals surface area contributed by atoms with Crippen LogP contribution in [0.15, 0.2) is 24.3 Å². The number of anilines is 1. The molecule has 1 aliphatic rings. The topological polar surface area (TPSA) is 75.7 Å². The number of nitrogens with zero attached hydrogens (tertiary/aromatic N) is 1. The van der Waals surface area contributed by atoms with Crippen molar-refractivity contribution < 1.29 is 17.9 Å². The standard InChI is InChI=1S/C17H26N2O4S/c1-3-19(15-10-12-24(21,22)13-15)11-9-17(20)18-14-5-7-16(8-6-14)23-4-2/h5-8,15H,3-4,9-13H2,1-2H3,(H,18,20). The molecule has 1 amide bonds. The minimum atomic E-state index is -2.90. The van der Waals surface area contributed by atoms with E-state index in [4.69, 9.17) is 4.74 Å². The summed E-state index contributed by atoms with van der Waals surface area (Å²) in [6, 6.07) is 7.30. The van der Waals surface area contributed by atoms with Crippen LogP contribution >= 0.6 is 0 Å². The Morgan fingerprint density at radius 3 is 2.54 bits per heavy atom. The Morgan fingerprint density at radius 1 is 1.29 bits per heavy atom. The molecule has 1 saturated heterocycles. The summed E-state index contributed by atoms with van der Waals surface area (Å²) in [5, 5.41) is 2.86. The maximum Gasteiger partial charge on any atom is 0.225 e. The summed E-state index contributed by atoms with van der Waals surface area (Å²) in [4.78, 5) is 14.2. The minimum Gasteiger partial charge on any atom is -0.494 e. The van der Waals surface area contributed by atoms with Crippen LogP contribution in [0.3, 0.4) is 0 Å². The summed E-state index contributed by atoms with van der Waals surface area (Å²) in [5.41, 5.74) is 0.731. The third-order valence-electron chi connectivity index (χ3n) is 4.21. The van der Waals surface area contributed by atoms with E-state index in [1.54, 1.807) is 0 Å². The molecule has 6 nitrogen and oxygen atoms in total. The van der Waals surface area contributed by atoms with E-state index in [2.05, 4.69) is 10.2 Å². The Hall–Kier alpha value is -1.60. The predicted molar refractivity (Wildman–Crippen MR) is 95.2 cm³/mol. The van der Waals surface area contributed by atoms with Crippen LogP contribution in [-0.4, -0.2) is 56.5 Å². The molecule has 1 aliphatic heterocycles. The molecule has 0 aromatic heterocycles. The summed E-state index contributed by atoms with van der Waals surface area (Å²) in [6.45, 7) is 5.84. The Balaban J connectivity index is 1.81. The van der Waals surface area contributed by atoms with Crippen molar-refractivity contribution in [1.82, 2.24) is 4.90 Å². The lowest BCUT2D eigenvalue weighted by Gasteiger charge is -2.26. The zero-order valence-electron chi connectivity index (χ0n) is 14.3. The summed E-state index contributed by atoms with van der Waals surface area (Å²) in [5.74, 6) is 1.17. The van der Waals surface area contributed by atoms with E-state index in [9.17, 15) is 13.2 Å². The number of ether oxygens (including phenoxy) is 1. The second-order valence-corrected chi connectivity index (χ2v) is 8.17. The first-order valence-electron chi connectivity index (χ1n) is 8.40. The average molecular weight is 354 g/mol. The second kappa shape index (κ2) is 8.48. The molecule has 134 valence electrons. The molecule has 1 N–H and O–H groups in total. The van der Waals surface area contributed by atoms with Gasteiger partial charge in [-0.05, 0) is 44.2 Å². The number of hydrogen-bond donors (Lipinski definition) is 1. The molecule has 1 aromatic carbocycles. The Labute approximate surface area is 144 Å². The van der Waals surface area contributed by atoms with Crippen LogP contribution in [0.4, 0.5) is 5.69 Å². The fourth-order valence-corrected chi connectivity index (χ4v) is 4.69. The molecule has 2 rings (SSSR count). The average Bonchev–Trinajstić information content (AvgIpc) is 2.90. The predicted octanol–water partition coefficient (Wildman–Crippen LogP) is 1.92. The molecule has 1 atom stereocenters. The fourth-order valence-electron chi connectivity index (χ4n) is 2.93. The molecule has 0 radical (unpaired) electrons. The number of sulfone groups is 1. The number of amides is 1. The lowest BCUT2D eigenvalue weighted by atomic mass is 10.2. The molecule has 7 heteroatoms. The van der Waals surface area contributed by atoms with Gasteiger partial charge in [0.15, 0.2) is 9.84 Å². The zero-order valence-corrected chi connectivity index (χ0v) is 15.1. The fraction of sp³-hybridized carbons (Fsp3) is 0.588. The molecular weight excluding hydrogens is 328 g/mol. The SMILES string of the molecule is CCOc1ccc(NC(=O)CCN(CC)C2CCS(=O)(=O)C2)cc1. The summed E-state index contributed by atoms with van der Waals surface area (Å²) in [6.07, 6.45) is 1.01. The highest BCUT2D eigenvalue weighted by atomic mass is 32.2. The normalized spacial score (nSPS) is 19.4. The van der Waals surface area contributed by atoms with Gasteiger partial charge in [0.1, 0.15) is 5.75 Å².